The van der Waals surface area contributed by atoms with E-state index in [0.717, 1.165) is 67.4 Å². The van der Waals surface area contributed by atoms with Crippen LogP contribution in [0.1, 0.15) is 0 Å². The molecule has 0 aliphatic heterocycles. The molecule has 0 aliphatic carbocycles. The Morgan fingerprint density at radius 3 is 0.896 bits per heavy atom. The van der Waals surface area contributed by atoms with Gasteiger partial charge in [0, 0.05) is 63.0 Å². The van der Waals surface area contributed by atoms with Gasteiger partial charge in [-0.05, 0) is 96.1 Å². The van der Waals surface area contributed by atoms with Gasteiger partial charge in [0.05, 0.1) is 0 Å². The van der Waals surface area contributed by atoms with Crippen LogP contribution in [0, 0.1) is 0 Å². The van der Waals surface area contributed by atoms with Gasteiger partial charge in [0.25, 0.3) is 0 Å². The highest BCUT2D eigenvalue weighted by atomic mass is 15.1. The molecule has 0 N–H and O–H groups in total. The van der Waals surface area contributed by atoms with E-state index in [1.807, 2.05) is 36.7 Å². The standard InChI is InChI=1S/C44H32N4/c1-5-13-38(14-6-1)47(39-15-7-2-8-16-39)42-25-21-33(22-26-42)36-29-35-30-37(32-46-44(35)45-31-36)34-23-27-43(28-24-34)48(40-17-9-3-10-18-40)41-19-11-4-12-20-41/h1-32H. The molecular formula is C44H32N4. The van der Waals surface area contributed by atoms with E-state index in [4.69, 9.17) is 9.97 Å². The van der Waals surface area contributed by atoms with Crippen molar-refractivity contribution in [3.05, 3.63) is 194 Å². The first-order valence-electron chi connectivity index (χ1n) is 16.1. The predicted octanol–water partition coefficient (Wildman–Crippen LogP) is 11.9. The van der Waals surface area contributed by atoms with Gasteiger partial charge in [0.2, 0.25) is 0 Å². The van der Waals surface area contributed by atoms with Gasteiger partial charge in [-0.2, -0.15) is 0 Å². The lowest BCUT2D eigenvalue weighted by atomic mass is 10.0. The van der Waals surface area contributed by atoms with Crippen LogP contribution in [-0.4, -0.2) is 9.97 Å². The van der Waals surface area contributed by atoms with Crippen LogP contribution in [0.25, 0.3) is 33.3 Å². The minimum absolute atomic E-state index is 0.731. The molecular weight excluding hydrogens is 585 g/mol. The van der Waals surface area contributed by atoms with E-state index in [0.29, 0.717) is 0 Å². The van der Waals surface area contributed by atoms with E-state index in [-0.39, 0.29) is 0 Å². The zero-order valence-corrected chi connectivity index (χ0v) is 26.3. The average molecular weight is 617 g/mol. The lowest BCUT2D eigenvalue weighted by molar-refractivity contribution is 1.27. The maximum absolute atomic E-state index is 4.72. The molecule has 0 fully saturated rings. The number of aromatic nitrogens is 2. The Morgan fingerprint density at radius 1 is 0.292 bits per heavy atom. The van der Waals surface area contributed by atoms with Gasteiger partial charge < -0.3 is 9.80 Å². The second kappa shape index (κ2) is 13.1. The highest BCUT2D eigenvalue weighted by Crippen LogP contribution is 2.37. The summed E-state index contributed by atoms with van der Waals surface area (Å²) in [7, 11) is 0. The number of para-hydroxylation sites is 4. The van der Waals surface area contributed by atoms with Crippen molar-refractivity contribution in [1.29, 1.82) is 0 Å². The Balaban J connectivity index is 1.09. The van der Waals surface area contributed by atoms with Gasteiger partial charge in [-0.3, -0.25) is 0 Å². The SMILES string of the molecule is c1ccc(N(c2ccccc2)c2ccc(-c3cnc4ncc(-c5ccc(N(c6ccccc6)c6ccccc6)cc5)cc4c3)cc2)cc1. The largest absolute Gasteiger partial charge is 0.311 e. The third kappa shape index (κ3) is 5.91. The van der Waals surface area contributed by atoms with Crippen molar-refractivity contribution in [3.8, 4) is 22.3 Å². The molecule has 0 atom stereocenters. The molecule has 6 aromatic carbocycles. The second-order valence-electron chi connectivity index (χ2n) is 11.6. The molecule has 0 amide bonds. The Labute approximate surface area is 280 Å². The lowest BCUT2D eigenvalue weighted by Crippen LogP contribution is -2.09. The van der Waals surface area contributed by atoms with Crippen LogP contribution < -0.4 is 9.80 Å². The van der Waals surface area contributed by atoms with Crippen molar-refractivity contribution in [2.24, 2.45) is 0 Å². The van der Waals surface area contributed by atoms with Crippen molar-refractivity contribution in [2.75, 3.05) is 9.80 Å². The molecule has 0 radical (unpaired) electrons. The van der Waals surface area contributed by atoms with Gasteiger partial charge in [0.15, 0.2) is 5.65 Å². The number of rotatable bonds is 8. The van der Waals surface area contributed by atoms with E-state index < -0.39 is 0 Å². The average Bonchev–Trinajstić information content (AvgIpc) is 3.17. The van der Waals surface area contributed by atoms with Crippen molar-refractivity contribution in [2.45, 2.75) is 0 Å². The number of nitrogens with zero attached hydrogens (tertiary/aromatic N) is 4. The third-order valence-corrected chi connectivity index (χ3v) is 8.51. The fraction of sp³-hybridized carbons (Fsp3) is 0. The molecule has 2 heterocycles. The van der Waals surface area contributed by atoms with Gasteiger partial charge in [0.1, 0.15) is 0 Å². The van der Waals surface area contributed by atoms with E-state index in [1.54, 1.807) is 0 Å². The third-order valence-electron chi connectivity index (χ3n) is 8.51. The quantitative estimate of drug-likeness (QED) is 0.170. The predicted molar refractivity (Wildman–Crippen MR) is 200 cm³/mol. The van der Waals surface area contributed by atoms with Crippen LogP contribution >= 0.6 is 0 Å². The summed E-state index contributed by atoms with van der Waals surface area (Å²) in [4.78, 5) is 14.0. The summed E-state index contributed by atoms with van der Waals surface area (Å²) >= 11 is 0. The summed E-state index contributed by atoms with van der Waals surface area (Å²) in [6.07, 6.45) is 3.82. The van der Waals surface area contributed by atoms with Crippen LogP contribution in [-0.2, 0) is 0 Å². The van der Waals surface area contributed by atoms with Crippen molar-refractivity contribution < 1.29 is 0 Å². The Bertz CT molecular complexity index is 2010. The van der Waals surface area contributed by atoms with Crippen LogP contribution in [0.3, 0.4) is 0 Å². The van der Waals surface area contributed by atoms with Crippen molar-refractivity contribution in [1.82, 2.24) is 9.97 Å². The molecule has 8 rings (SSSR count). The molecule has 228 valence electrons. The van der Waals surface area contributed by atoms with Crippen LogP contribution in [0.15, 0.2) is 194 Å². The zero-order valence-electron chi connectivity index (χ0n) is 26.3. The summed E-state index contributed by atoms with van der Waals surface area (Å²) < 4.78 is 0. The maximum atomic E-state index is 4.72. The summed E-state index contributed by atoms with van der Waals surface area (Å²) in [5.41, 5.74) is 11.7. The molecule has 4 nitrogen and oxygen atoms in total. The lowest BCUT2D eigenvalue weighted by Gasteiger charge is -2.25. The molecule has 8 aromatic rings. The topological polar surface area (TPSA) is 32.3 Å². The number of hydrogen-bond acceptors (Lipinski definition) is 4. The molecule has 4 heteroatoms. The molecule has 0 spiro atoms. The highest BCUT2D eigenvalue weighted by Gasteiger charge is 2.14. The van der Waals surface area contributed by atoms with E-state index in [2.05, 4.69) is 168 Å². The summed E-state index contributed by atoms with van der Waals surface area (Å²) in [5, 5.41) is 1.00. The zero-order chi connectivity index (χ0) is 32.1. The summed E-state index contributed by atoms with van der Waals surface area (Å²) in [6, 6.07) is 63.5. The summed E-state index contributed by atoms with van der Waals surface area (Å²) in [5.74, 6) is 0. The second-order valence-corrected chi connectivity index (χ2v) is 11.6. The maximum Gasteiger partial charge on any atom is 0.159 e. The van der Waals surface area contributed by atoms with Gasteiger partial charge in [-0.15, -0.1) is 0 Å². The number of fused-ring (bicyclic) bond motifs is 1. The first kappa shape index (κ1) is 28.9. The Hall–Kier alpha value is -6.52. The van der Waals surface area contributed by atoms with E-state index >= 15 is 0 Å². The van der Waals surface area contributed by atoms with E-state index in [9.17, 15) is 0 Å². The molecule has 48 heavy (non-hydrogen) atoms. The van der Waals surface area contributed by atoms with Gasteiger partial charge >= 0.3 is 0 Å². The van der Waals surface area contributed by atoms with Crippen molar-refractivity contribution in [3.63, 3.8) is 0 Å². The molecule has 2 aromatic heterocycles. The minimum Gasteiger partial charge on any atom is -0.311 e. The van der Waals surface area contributed by atoms with Crippen LogP contribution in [0.5, 0.6) is 0 Å². The van der Waals surface area contributed by atoms with Gasteiger partial charge in [-0.25, -0.2) is 9.97 Å². The first-order valence-corrected chi connectivity index (χ1v) is 16.1. The molecule has 0 bridgehead atoms. The fourth-order valence-electron chi connectivity index (χ4n) is 6.15. The Morgan fingerprint density at radius 2 is 0.583 bits per heavy atom. The number of pyridine rings is 2. The number of hydrogen-bond donors (Lipinski definition) is 0. The van der Waals surface area contributed by atoms with Crippen LogP contribution in [0.2, 0.25) is 0 Å². The summed E-state index contributed by atoms with van der Waals surface area (Å²) in [6.45, 7) is 0. The highest BCUT2D eigenvalue weighted by molar-refractivity contribution is 5.86. The van der Waals surface area contributed by atoms with E-state index in [1.165, 1.54) is 0 Å². The molecule has 0 unspecified atom stereocenters. The minimum atomic E-state index is 0.731. The monoisotopic (exact) mass is 616 g/mol. The molecule has 0 aliphatic rings. The Kier molecular flexibility index (Phi) is 7.87. The van der Waals surface area contributed by atoms with Gasteiger partial charge in [-0.1, -0.05) is 97.1 Å². The number of anilines is 6. The van der Waals surface area contributed by atoms with Crippen LogP contribution in [0.4, 0.5) is 34.1 Å². The normalized spacial score (nSPS) is 10.9. The number of benzene rings is 6. The molecule has 0 saturated heterocycles. The molecule has 0 saturated carbocycles. The fourth-order valence-corrected chi connectivity index (χ4v) is 6.15. The first-order chi connectivity index (χ1) is 23.8. The van der Waals surface area contributed by atoms with Crippen molar-refractivity contribution >= 4 is 45.2 Å². The smallest absolute Gasteiger partial charge is 0.159 e.